The lowest BCUT2D eigenvalue weighted by Crippen LogP contribution is -2.42. The van der Waals surface area contributed by atoms with E-state index in [0.717, 1.165) is 11.8 Å². The van der Waals surface area contributed by atoms with Crippen LogP contribution in [0, 0.1) is 5.82 Å². The van der Waals surface area contributed by atoms with Crippen LogP contribution >= 0.6 is 0 Å². The molecule has 0 aromatic heterocycles. The predicted octanol–water partition coefficient (Wildman–Crippen LogP) is 2.73. The van der Waals surface area contributed by atoms with E-state index in [1.165, 1.54) is 17.0 Å². The van der Waals surface area contributed by atoms with Crippen LogP contribution in [0.25, 0.3) is 0 Å². The van der Waals surface area contributed by atoms with Gasteiger partial charge in [-0.3, -0.25) is 14.5 Å². The first-order chi connectivity index (χ1) is 17.0. The van der Waals surface area contributed by atoms with E-state index in [2.05, 4.69) is 0 Å². The fraction of sp³-hybridized carbons (Fsp3) is 0.565. The fourth-order valence-electron chi connectivity index (χ4n) is 4.08. The summed E-state index contributed by atoms with van der Waals surface area (Å²) in [4.78, 5) is 49.9. The molecule has 0 spiro atoms. The summed E-state index contributed by atoms with van der Waals surface area (Å²) in [6.07, 6.45) is -1.35. The highest BCUT2D eigenvalue weighted by Gasteiger charge is 2.36. The molecule has 1 aromatic carbocycles. The fourth-order valence-corrected chi connectivity index (χ4v) is 5.57. The number of benzene rings is 1. The van der Waals surface area contributed by atoms with E-state index in [0.29, 0.717) is 24.8 Å². The Morgan fingerprint density at radius 3 is 2.50 bits per heavy atom. The maximum absolute atomic E-state index is 14.9. The van der Waals surface area contributed by atoms with Crippen molar-refractivity contribution in [1.82, 2.24) is 4.90 Å². The number of hydrogen-bond donors (Lipinski definition) is 0. The second kappa shape index (κ2) is 11.7. The van der Waals surface area contributed by atoms with Gasteiger partial charge in [-0.05, 0) is 42.9 Å². The van der Waals surface area contributed by atoms with Crippen LogP contribution in [0.2, 0.25) is 0 Å². The summed E-state index contributed by atoms with van der Waals surface area (Å²) < 4.78 is 53.0. The number of ether oxygens (including phenoxy) is 3. The van der Waals surface area contributed by atoms with Crippen molar-refractivity contribution in [2.45, 2.75) is 51.6 Å². The molecule has 2 saturated heterocycles. The molecule has 0 unspecified atom stereocenters. The van der Waals surface area contributed by atoms with Crippen molar-refractivity contribution in [3.05, 3.63) is 29.6 Å². The number of amides is 3. The molecule has 36 heavy (non-hydrogen) atoms. The van der Waals surface area contributed by atoms with Crippen LogP contribution < -0.4 is 4.90 Å². The molecular formula is C23H29FN2O9S. The molecule has 198 valence electrons. The summed E-state index contributed by atoms with van der Waals surface area (Å²) in [7, 11) is -3.08. The van der Waals surface area contributed by atoms with E-state index in [1.807, 2.05) is 0 Å². The molecule has 0 aliphatic carbocycles. The van der Waals surface area contributed by atoms with Crippen LogP contribution in [0.15, 0.2) is 18.2 Å². The molecule has 11 nitrogen and oxygen atoms in total. The first kappa shape index (κ1) is 27.4. The van der Waals surface area contributed by atoms with Crippen LogP contribution in [-0.4, -0.2) is 74.9 Å². The molecule has 2 aliphatic rings. The standard InChI is InChI=1S/C23H29FN2O9S/c1-3-4-21(28)33-14-34-22(29)25(15(2)27)12-18-13-26(23(30)35-18)17-5-6-19(20(24)11-17)16-7-9-36(31,32)10-8-16/h5-6,11,16,18H,3-4,7-10,12-14H2,1-2H3/t18-/m0/s1. The Balaban J connectivity index is 1.60. The number of sulfone groups is 1. The van der Waals surface area contributed by atoms with Crippen molar-refractivity contribution in [1.29, 1.82) is 0 Å². The average molecular weight is 529 g/mol. The minimum atomic E-state index is -3.08. The Bertz CT molecular complexity index is 1110. The van der Waals surface area contributed by atoms with Gasteiger partial charge in [0.25, 0.3) is 0 Å². The monoisotopic (exact) mass is 528 g/mol. The van der Waals surface area contributed by atoms with Gasteiger partial charge in [0.1, 0.15) is 21.8 Å². The van der Waals surface area contributed by atoms with Gasteiger partial charge in [0.15, 0.2) is 0 Å². The number of carbonyl (C=O) groups is 4. The zero-order valence-electron chi connectivity index (χ0n) is 20.1. The maximum Gasteiger partial charge on any atom is 0.419 e. The number of halogens is 1. The highest BCUT2D eigenvalue weighted by molar-refractivity contribution is 7.91. The van der Waals surface area contributed by atoms with Gasteiger partial charge in [-0.25, -0.2) is 27.3 Å². The van der Waals surface area contributed by atoms with E-state index in [9.17, 15) is 32.0 Å². The first-order valence-corrected chi connectivity index (χ1v) is 13.4. The van der Waals surface area contributed by atoms with Crippen molar-refractivity contribution >= 4 is 39.6 Å². The first-order valence-electron chi connectivity index (χ1n) is 11.6. The van der Waals surface area contributed by atoms with Crippen LogP contribution in [0.4, 0.5) is 19.7 Å². The molecule has 0 N–H and O–H groups in total. The second-order valence-corrected chi connectivity index (χ2v) is 11.0. The SMILES string of the molecule is CCCC(=O)OCOC(=O)N(C[C@H]1CN(c2ccc(C3CCS(=O)(=O)CC3)c(F)c2)C(=O)O1)C(C)=O. The van der Waals surface area contributed by atoms with Crippen LogP contribution in [0.3, 0.4) is 0 Å². The molecule has 2 heterocycles. The van der Waals surface area contributed by atoms with E-state index < -0.39 is 52.6 Å². The summed E-state index contributed by atoms with van der Waals surface area (Å²) in [6, 6.07) is 4.27. The van der Waals surface area contributed by atoms with Crippen molar-refractivity contribution in [3.8, 4) is 0 Å². The van der Waals surface area contributed by atoms with Crippen molar-refractivity contribution in [3.63, 3.8) is 0 Å². The van der Waals surface area contributed by atoms with Gasteiger partial charge in [0, 0.05) is 13.3 Å². The molecule has 0 radical (unpaired) electrons. The van der Waals surface area contributed by atoms with Crippen molar-refractivity contribution < 1.29 is 46.2 Å². The Hall–Kier alpha value is -3.22. The Morgan fingerprint density at radius 2 is 1.89 bits per heavy atom. The van der Waals surface area contributed by atoms with E-state index in [4.69, 9.17) is 14.2 Å². The summed E-state index contributed by atoms with van der Waals surface area (Å²) in [6.45, 7) is 1.89. The van der Waals surface area contributed by atoms with Gasteiger partial charge < -0.3 is 14.2 Å². The van der Waals surface area contributed by atoms with Crippen molar-refractivity contribution in [2.75, 3.05) is 36.3 Å². The zero-order chi connectivity index (χ0) is 26.5. The minimum Gasteiger partial charge on any atom is -0.442 e. The summed E-state index contributed by atoms with van der Waals surface area (Å²) in [5.41, 5.74) is 0.620. The highest BCUT2D eigenvalue weighted by atomic mass is 32.2. The molecule has 3 amide bonds. The number of hydrogen-bond acceptors (Lipinski definition) is 9. The van der Waals surface area contributed by atoms with E-state index >= 15 is 0 Å². The quantitative estimate of drug-likeness (QED) is 0.368. The van der Waals surface area contributed by atoms with Gasteiger partial charge in [-0.1, -0.05) is 13.0 Å². The third kappa shape index (κ3) is 6.93. The number of cyclic esters (lactones) is 1. The predicted molar refractivity (Wildman–Crippen MR) is 124 cm³/mol. The highest BCUT2D eigenvalue weighted by Crippen LogP contribution is 2.33. The summed E-state index contributed by atoms with van der Waals surface area (Å²) in [5, 5.41) is 0. The molecule has 1 aromatic rings. The van der Waals surface area contributed by atoms with Crippen LogP contribution in [0.5, 0.6) is 0 Å². The summed E-state index contributed by atoms with van der Waals surface area (Å²) >= 11 is 0. The normalized spacial score (nSPS) is 19.5. The van der Waals surface area contributed by atoms with Gasteiger partial charge in [0.2, 0.25) is 12.7 Å². The molecule has 2 fully saturated rings. The smallest absolute Gasteiger partial charge is 0.419 e. The molecule has 3 rings (SSSR count). The molecule has 0 bridgehead atoms. The minimum absolute atomic E-state index is 0.00917. The molecule has 13 heteroatoms. The van der Waals surface area contributed by atoms with Crippen molar-refractivity contribution in [2.24, 2.45) is 0 Å². The third-order valence-electron chi connectivity index (χ3n) is 6.01. The Kier molecular flexibility index (Phi) is 8.88. The summed E-state index contributed by atoms with van der Waals surface area (Å²) in [5.74, 6) is -1.98. The van der Waals surface area contributed by atoms with Gasteiger partial charge in [0.05, 0.1) is 30.3 Å². The molecular weight excluding hydrogens is 499 g/mol. The number of anilines is 1. The third-order valence-corrected chi connectivity index (χ3v) is 7.72. The molecule has 1 atom stereocenters. The van der Waals surface area contributed by atoms with Gasteiger partial charge in [-0.15, -0.1) is 0 Å². The molecule has 0 saturated carbocycles. The lowest BCUT2D eigenvalue weighted by molar-refractivity contribution is -0.152. The van der Waals surface area contributed by atoms with E-state index in [-0.39, 0.29) is 42.6 Å². The average Bonchev–Trinajstić information content (AvgIpc) is 3.18. The second-order valence-electron chi connectivity index (χ2n) is 8.67. The Morgan fingerprint density at radius 1 is 1.19 bits per heavy atom. The van der Waals surface area contributed by atoms with Crippen LogP contribution in [0.1, 0.15) is 51.0 Å². The topological polar surface area (TPSA) is 137 Å². The Labute approximate surface area is 208 Å². The number of nitrogens with zero attached hydrogens (tertiary/aromatic N) is 2. The lowest BCUT2D eigenvalue weighted by atomic mass is 9.93. The maximum atomic E-state index is 14.9. The zero-order valence-corrected chi connectivity index (χ0v) is 20.9. The lowest BCUT2D eigenvalue weighted by Gasteiger charge is -2.23. The number of esters is 1. The molecule has 2 aliphatic heterocycles. The van der Waals surface area contributed by atoms with Gasteiger partial charge >= 0.3 is 18.2 Å². The number of carbonyl (C=O) groups excluding carboxylic acids is 4. The number of imide groups is 1. The largest absolute Gasteiger partial charge is 0.442 e. The van der Waals surface area contributed by atoms with E-state index in [1.54, 1.807) is 13.0 Å². The van der Waals surface area contributed by atoms with Gasteiger partial charge in [-0.2, -0.15) is 0 Å². The van der Waals surface area contributed by atoms with Crippen LogP contribution in [-0.2, 0) is 33.6 Å². The number of rotatable bonds is 8.